The summed E-state index contributed by atoms with van der Waals surface area (Å²) in [5.41, 5.74) is 0. The van der Waals surface area contributed by atoms with Gasteiger partial charge in [-0.05, 0) is 57.7 Å². The van der Waals surface area contributed by atoms with Gasteiger partial charge < -0.3 is 15.5 Å². The molecule has 4 nitrogen and oxygen atoms in total. The van der Waals surface area contributed by atoms with E-state index in [4.69, 9.17) is 0 Å². The van der Waals surface area contributed by atoms with Crippen molar-refractivity contribution < 1.29 is 4.79 Å². The van der Waals surface area contributed by atoms with E-state index in [1.807, 2.05) is 0 Å². The standard InChI is InChI=1S/C15H31N3O/c1-3-4-9-16-15(19)17-10-5-6-11-18-12-7-14(2)8-13-18/h14H,3-13H2,1-2H3,(H2,16,17,19). The van der Waals surface area contributed by atoms with E-state index in [0.29, 0.717) is 0 Å². The predicted molar refractivity (Wildman–Crippen MR) is 80.4 cm³/mol. The van der Waals surface area contributed by atoms with Crippen LogP contribution in [-0.2, 0) is 0 Å². The van der Waals surface area contributed by atoms with Crippen LogP contribution in [0, 0.1) is 5.92 Å². The Hall–Kier alpha value is -0.770. The number of nitrogens with one attached hydrogen (secondary N) is 2. The molecule has 1 fully saturated rings. The third-order valence-electron chi connectivity index (χ3n) is 3.88. The van der Waals surface area contributed by atoms with Crippen LogP contribution in [0.4, 0.5) is 4.79 Å². The van der Waals surface area contributed by atoms with Gasteiger partial charge >= 0.3 is 6.03 Å². The molecule has 0 aliphatic carbocycles. The second-order valence-corrected chi connectivity index (χ2v) is 5.77. The van der Waals surface area contributed by atoms with Gasteiger partial charge in [-0.15, -0.1) is 0 Å². The topological polar surface area (TPSA) is 44.4 Å². The normalized spacial score (nSPS) is 17.4. The van der Waals surface area contributed by atoms with Gasteiger partial charge in [0.15, 0.2) is 0 Å². The minimum atomic E-state index is -0.0137. The Bertz CT molecular complexity index is 238. The molecule has 0 aromatic carbocycles. The molecule has 1 aliphatic heterocycles. The summed E-state index contributed by atoms with van der Waals surface area (Å²) >= 11 is 0. The summed E-state index contributed by atoms with van der Waals surface area (Å²) in [5.74, 6) is 0.907. The van der Waals surface area contributed by atoms with Crippen molar-refractivity contribution in [3.8, 4) is 0 Å². The molecule has 19 heavy (non-hydrogen) atoms. The fraction of sp³-hybridized carbons (Fsp3) is 0.933. The minimum Gasteiger partial charge on any atom is -0.338 e. The number of likely N-dealkylation sites (tertiary alicyclic amines) is 1. The summed E-state index contributed by atoms with van der Waals surface area (Å²) < 4.78 is 0. The van der Waals surface area contributed by atoms with E-state index >= 15 is 0 Å². The van der Waals surface area contributed by atoms with E-state index in [1.165, 1.54) is 38.9 Å². The molecule has 0 spiro atoms. The Balaban J connectivity index is 1.89. The van der Waals surface area contributed by atoms with Crippen LogP contribution in [0.5, 0.6) is 0 Å². The predicted octanol–water partition coefficient (Wildman–Crippen LogP) is 2.60. The van der Waals surface area contributed by atoms with Crippen molar-refractivity contribution >= 4 is 6.03 Å². The number of hydrogen-bond donors (Lipinski definition) is 2. The molecule has 1 heterocycles. The summed E-state index contributed by atoms with van der Waals surface area (Å²) in [6.45, 7) is 9.75. The van der Waals surface area contributed by atoms with Crippen molar-refractivity contribution in [1.82, 2.24) is 15.5 Å². The SMILES string of the molecule is CCCCNC(=O)NCCCCN1CCC(C)CC1. The van der Waals surface area contributed by atoms with Gasteiger partial charge in [0, 0.05) is 13.1 Å². The van der Waals surface area contributed by atoms with Gasteiger partial charge in [-0.3, -0.25) is 0 Å². The lowest BCUT2D eigenvalue weighted by molar-refractivity contribution is 0.189. The number of carbonyl (C=O) groups is 1. The lowest BCUT2D eigenvalue weighted by atomic mass is 9.99. The smallest absolute Gasteiger partial charge is 0.314 e. The molecule has 2 N–H and O–H groups in total. The maximum Gasteiger partial charge on any atom is 0.314 e. The van der Waals surface area contributed by atoms with Crippen LogP contribution in [0.25, 0.3) is 0 Å². The number of rotatable bonds is 8. The second-order valence-electron chi connectivity index (χ2n) is 5.77. The van der Waals surface area contributed by atoms with Crippen molar-refractivity contribution in [2.45, 2.75) is 52.4 Å². The first-order valence-electron chi connectivity index (χ1n) is 7.96. The number of nitrogens with zero attached hydrogens (tertiary/aromatic N) is 1. The molecule has 0 radical (unpaired) electrons. The molecule has 0 atom stereocenters. The number of urea groups is 1. The Kier molecular flexibility index (Phi) is 8.63. The third-order valence-corrected chi connectivity index (χ3v) is 3.88. The first kappa shape index (κ1) is 16.3. The van der Waals surface area contributed by atoms with Crippen molar-refractivity contribution in [2.75, 3.05) is 32.7 Å². The minimum absolute atomic E-state index is 0.0137. The Morgan fingerprint density at radius 1 is 1.11 bits per heavy atom. The van der Waals surface area contributed by atoms with E-state index in [1.54, 1.807) is 0 Å². The van der Waals surface area contributed by atoms with Crippen LogP contribution in [0.2, 0.25) is 0 Å². The lowest BCUT2D eigenvalue weighted by Crippen LogP contribution is -2.37. The molecule has 0 bridgehead atoms. The number of unbranched alkanes of at least 4 members (excludes halogenated alkanes) is 2. The monoisotopic (exact) mass is 269 g/mol. The van der Waals surface area contributed by atoms with Crippen LogP contribution in [0.1, 0.15) is 52.4 Å². The molecule has 0 aromatic heterocycles. The Morgan fingerprint density at radius 3 is 2.37 bits per heavy atom. The Labute approximate surface area is 118 Å². The fourth-order valence-electron chi connectivity index (χ4n) is 2.39. The zero-order valence-electron chi connectivity index (χ0n) is 12.7. The summed E-state index contributed by atoms with van der Waals surface area (Å²) in [5, 5.41) is 5.79. The summed E-state index contributed by atoms with van der Waals surface area (Å²) in [7, 11) is 0. The van der Waals surface area contributed by atoms with E-state index in [9.17, 15) is 4.79 Å². The molecule has 4 heteroatoms. The highest BCUT2D eigenvalue weighted by atomic mass is 16.2. The fourth-order valence-corrected chi connectivity index (χ4v) is 2.39. The van der Waals surface area contributed by atoms with Gasteiger partial charge in [0.25, 0.3) is 0 Å². The van der Waals surface area contributed by atoms with Crippen molar-refractivity contribution in [3.05, 3.63) is 0 Å². The van der Waals surface area contributed by atoms with E-state index < -0.39 is 0 Å². The summed E-state index contributed by atoms with van der Waals surface area (Å²) in [6.07, 6.45) is 7.13. The number of piperidine rings is 1. The Morgan fingerprint density at radius 2 is 1.74 bits per heavy atom. The van der Waals surface area contributed by atoms with Crippen molar-refractivity contribution in [1.29, 1.82) is 0 Å². The average Bonchev–Trinajstić information content (AvgIpc) is 2.41. The zero-order valence-corrected chi connectivity index (χ0v) is 12.7. The molecule has 1 aliphatic rings. The molecule has 0 saturated carbocycles. The van der Waals surface area contributed by atoms with Crippen LogP contribution in [0.15, 0.2) is 0 Å². The van der Waals surface area contributed by atoms with Gasteiger partial charge in [0.05, 0.1) is 0 Å². The maximum atomic E-state index is 11.4. The number of carbonyl (C=O) groups excluding carboxylic acids is 1. The van der Waals surface area contributed by atoms with Gasteiger partial charge in [-0.25, -0.2) is 4.79 Å². The molecule has 1 saturated heterocycles. The summed E-state index contributed by atoms with van der Waals surface area (Å²) in [6, 6.07) is -0.0137. The zero-order chi connectivity index (χ0) is 13.9. The van der Waals surface area contributed by atoms with E-state index in [2.05, 4.69) is 29.4 Å². The first-order chi connectivity index (χ1) is 9.22. The highest BCUT2D eigenvalue weighted by molar-refractivity contribution is 5.73. The van der Waals surface area contributed by atoms with Crippen LogP contribution < -0.4 is 10.6 Å². The van der Waals surface area contributed by atoms with E-state index in [-0.39, 0.29) is 6.03 Å². The third kappa shape index (κ3) is 8.09. The largest absolute Gasteiger partial charge is 0.338 e. The van der Waals surface area contributed by atoms with Gasteiger partial charge in [-0.2, -0.15) is 0 Å². The highest BCUT2D eigenvalue weighted by Crippen LogP contribution is 2.15. The molecule has 2 amide bonds. The quantitative estimate of drug-likeness (QED) is 0.665. The molecular weight excluding hydrogens is 238 g/mol. The van der Waals surface area contributed by atoms with Crippen molar-refractivity contribution in [2.24, 2.45) is 5.92 Å². The molecule has 112 valence electrons. The van der Waals surface area contributed by atoms with Gasteiger partial charge in [-0.1, -0.05) is 20.3 Å². The van der Waals surface area contributed by atoms with Crippen LogP contribution in [0.3, 0.4) is 0 Å². The highest BCUT2D eigenvalue weighted by Gasteiger charge is 2.14. The molecular formula is C15H31N3O. The number of amides is 2. The molecule has 1 rings (SSSR count). The first-order valence-corrected chi connectivity index (χ1v) is 7.96. The average molecular weight is 269 g/mol. The maximum absolute atomic E-state index is 11.4. The number of hydrogen-bond acceptors (Lipinski definition) is 2. The van der Waals surface area contributed by atoms with Crippen LogP contribution in [-0.4, -0.2) is 43.7 Å². The van der Waals surface area contributed by atoms with E-state index in [0.717, 1.165) is 38.3 Å². The summed E-state index contributed by atoms with van der Waals surface area (Å²) in [4.78, 5) is 13.9. The van der Waals surface area contributed by atoms with Crippen molar-refractivity contribution in [3.63, 3.8) is 0 Å². The van der Waals surface area contributed by atoms with Gasteiger partial charge in [0.2, 0.25) is 0 Å². The molecule has 0 unspecified atom stereocenters. The second kappa shape index (κ2) is 10.1. The van der Waals surface area contributed by atoms with Gasteiger partial charge in [0.1, 0.15) is 0 Å². The van der Waals surface area contributed by atoms with Crippen LogP contribution >= 0.6 is 0 Å². The lowest BCUT2D eigenvalue weighted by Gasteiger charge is -2.30. The molecule has 0 aromatic rings.